The maximum Gasteiger partial charge on any atom is 0.328 e. The van der Waals surface area contributed by atoms with Gasteiger partial charge in [0.2, 0.25) is 0 Å². The molecule has 0 radical (unpaired) electrons. The first-order chi connectivity index (χ1) is 15.2. The lowest BCUT2D eigenvalue weighted by Gasteiger charge is -2.08. The smallest absolute Gasteiger partial charge is 0.328 e. The highest BCUT2D eigenvalue weighted by molar-refractivity contribution is 5.93. The predicted octanol–water partition coefficient (Wildman–Crippen LogP) is -1.68. The van der Waals surface area contributed by atoms with E-state index >= 15 is 0 Å². The normalized spacial score (nSPS) is 10.6. The third kappa shape index (κ3) is 4.98. The summed E-state index contributed by atoms with van der Waals surface area (Å²) in [6.07, 6.45) is 2.33. The summed E-state index contributed by atoms with van der Waals surface area (Å²) < 4.78 is 2.20. The molecule has 0 fully saturated rings. The van der Waals surface area contributed by atoms with Crippen LogP contribution in [0.3, 0.4) is 0 Å². The van der Waals surface area contributed by atoms with Gasteiger partial charge in [-0.2, -0.15) is 0 Å². The number of hydrogen-bond acceptors (Lipinski definition) is 6. The van der Waals surface area contributed by atoms with Crippen LogP contribution in [0.5, 0.6) is 0 Å². The zero-order chi connectivity index (χ0) is 23.4. The number of carbonyl (C=O) groups is 2. The van der Waals surface area contributed by atoms with E-state index in [9.17, 15) is 28.8 Å². The van der Waals surface area contributed by atoms with E-state index in [0.29, 0.717) is 0 Å². The van der Waals surface area contributed by atoms with Crippen molar-refractivity contribution in [1.82, 2.24) is 29.7 Å². The van der Waals surface area contributed by atoms with Crippen molar-refractivity contribution < 1.29 is 9.59 Å². The molecule has 0 spiro atoms. The molecular formula is C20H20N6O6. The quantitative estimate of drug-likeness (QED) is 0.357. The standard InChI is InChI=1S/C20H20N6O6/c1-25-9-13(17(29)23-19(25)31)15(27)21-7-11-3-5-12(6-4-11)8-22-16(28)14-10-26(2)20(32)24-18(14)30/h3-6,9-10H,7-8H2,1-2H3,(H,21,27)(H,22,28)(H,23,29,31)(H,24,30,32). The first kappa shape index (κ1) is 22.2. The molecule has 12 heteroatoms. The molecule has 1 aromatic carbocycles. The average molecular weight is 440 g/mol. The Labute approximate surface area is 179 Å². The molecule has 0 aliphatic carbocycles. The van der Waals surface area contributed by atoms with E-state index in [1.807, 2.05) is 0 Å². The van der Waals surface area contributed by atoms with Crippen LogP contribution in [0.25, 0.3) is 0 Å². The predicted molar refractivity (Wildman–Crippen MR) is 113 cm³/mol. The molecule has 3 aromatic rings. The average Bonchev–Trinajstić information content (AvgIpc) is 2.76. The van der Waals surface area contributed by atoms with Crippen molar-refractivity contribution >= 4 is 11.8 Å². The third-order valence-electron chi connectivity index (χ3n) is 4.63. The summed E-state index contributed by atoms with van der Waals surface area (Å²) in [7, 11) is 2.84. The fourth-order valence-electron chi connectivity index (χ4n) is 2.78. The van der Waals surface area contributed by atoms with Gasteiger partial charge in [-0.3, -0.25) is 29.1 Å². The fraction of sp³-hybridized carbons (Fsp3) is 0.200. The van der Waals surface area contributed by atoms with Gasteiger partial charge in [0.1, 0.15) is 11.1 Å². The largest absolute Gasteiger partial charge is 0.348 e. The molecule has 0 bridgehead atoms. The van der Waals surface area contributed by atoms with Crippen molar-refractivity contribution in [3.63, 3.8) is 0 Å². The van der Waals surface area contributed by atoms with Gasteiger partial charge < -0.3 is 19.8 Å². The van der Waals surface area contributed by atoms with Gasteiger partial charge in [-0.05, 0) is 11.1 Å². The van der Waals surface area contributed by atoms with Gasteiger partial charge in [-0.25, -0.2) is 9.59 Å². The van der Waals surface area contributed by atoms with Crippen LogP contribution in [-0.4, -0.2) is 30.9 Å². The number of nitrogens with zero attached hydrogens (tertiary/aromatic N) is 2. The molecule has 2 heterocycles. The van der Waals surface area contributed by atoms with Gasteiger partial charge in [-0.1, -0.05) is 24.3 Å². The summed E-state index contributed by atoms with van der Waals surface area (Å²) in [5, 5.41) is 5.20. The first-order valence-electron chi connectivity index (χ1n) is 9.40. The fourth-order valence-corrected chi connectivity index (χ4v) is 2.78. The van der Waals surface area contributed by atoms with E-state index in [1.54, 1.807) is 24.3 Å². The van der Waals surface area contributed by atoms with E-state index < -0.39 is 34.3 Å². The van der Waals surface area contributed by atoms with Crippen LogP contribution in [0, 0.1) is 0 Å². The lowest BCUT2D eigenvalue weighted by atomic mass is 10.1. The number of rotatable bonds is 6. The number of H-pyrrole nitrogens is 2. The van der Waals surface area contributed by atoms with E-state index in [4.69, 9.17) is 0 Å². The number of carbonyl (C=O) groups excluding carboxylic acids is 2. The summed E-state index contributed by atoms with van der Waals surface area (Å²) in [5.74, 6) is -1.25. The highest BCUT2D eigenvalue weighted by atomic mass is 16.2. The summed E-state index contributed by atoms with van der Waals surface area (Å²) in [6, 6.07) is 6.91. The lowest BCUT2D eigenvalue weighted by molar-refractivity contribution is 0.0940. The van der Waals surface area contributed by atoms with Crippen molar-refractivity contribution in [1.29, 1.82) is 0 Å². The van der Waals surface area contributed by atoms with E-state index in [-0.39, 0.29) is 24.2 Å². The first-order valence-corrected chi connectivity index (χ1v) is 9.40. The Balaban J connectivity index is 1.59. The van der Waals surface area contributed by atoms with Crippen LogP contribution in [0.1, 0.15) is 31.8 Å². The summed E-state index contributed by atoms with van der Waals surface area (Å²) in [6.45, 7) is 0.280. The van der Waals surface area contributed by atoms with E-state index in [2.05, 4.69) is 20.6 Å². The molecule has 4 N–H and O–H groups in total. The number of aryl methyl sites for hydroxylation is 2. The second kappa shape index (κ2) is 9.12. The molecule has 2 aromatic heterocycles. The van der Waals surface area contributed by atoms with Crippen LogP contribution in [0.15, 0.2) is 55.8 Å². The zero-order valence-corrected chi connectivity index (χ0v) is 17.2. The minimum atomic E-state index is -0.769. The number of amides is 2. The lowest BCUT2D eigenvalue weighted by Crippen LogP contribution is -2.36. The Bertz CT molecular complexity index is 1300. The van der Waals surface area contributed by atoms with E-state index in [0.717, 1.165) is 32.7 Å². The van der Waals surface area contributed by atoms with Crippen molar-refractivity contribution in [2.45, 2.75) is 13.1 Å². The van der Waals surface area contributed by atoms with Gasteiger partial charge in [0, 0.05) is 39.6 Å². The van der Waals surface area contributed by atoms with Gasteiger partial charge in [0.05, 0.1) is 0 Å². The third-order valence-corrected chi connectivity index (χ3v) is 4.63. The Hall–Kier alpha value is -4.48. The van der Waals surface area contributed by atoms with Crippen molar-refractivity contribution in [3.05, 3.63) is 101 Å². The molecular weight excluding hydrogens is 420 g/mol. The molecule has 0 saturated heterocycles. The van der Waals surface area contributed by atoms with Crippen molar-refractivity contribution in [2.75, 3.05) is 0 Å². The van der Waals surface area contributed by atoms with Gasteiger partial charge in [0.15, 0.2) is 0 Å². The molecule has 32 heavy (non-hydrogen) atoms. The van der Waals surface area contributed by atoms with Crippen molar-refractivity contribution in [3.8, 4) is 0 Å². The SMILES string of the molecule is Cn1cc(C(=O)NCc2ccc(CNC(=O)c3cn(C)c(=O)[nH]c3=O)cc2)c(=O)[nH]c1=O. The second-order valence-electron chi connectivity index (χ2n) is 7.01. The molecule has 2 amide bonds. The van der Waals surface area contributed by atoms with E-state index in [1.165, 1.54) is 14.1 Å². The second-order valence-corrected chi connectivity index (χ2v) is 7.01. The summed E-state index contributed by atoms with van der Waals surface area (Å²) in [5.41, 5.74) is -1.65. The number of aromatic nitrogens is 4. The monoisotopic (exact) mass is 440 g/mol. The van der Waals surface area contributed by atoms with Crippen LogP contribution in [0.4, 0.5) is 0 Å². The van der Waals surface area contributed by atoms with Crippen LogP contribution in [0.2, 0.25) is 0 Å². The minimum Gasteiger partial charge on any atom is -0.348 e. The molecule has 0 atom stereocenters. The molecule has 0 saturated carbocycles. The number of aromatic amines is 2. The summed E-state index contributed by atoms with van der Waals surface area (Å²) >= 11 is 0. The molecule has 0 aliphatic heterocycles. The Morgan fingerprint density at radius 1 is 0.719 bits per heavy atom. The van der Waals surface area contributed by atoms with Crippen molar-refractivity contribution in [2.24, 2.45) is 14.1 Å². The highest BCUT2D eigenvalue weighted by Crippen LogP contribution is 2.05. The maximum absolute atomic E-state index is 12.2. The molecule has 0 unspecified atom stereocenters. The molecule has 3 rings (SSSR count). The van der Waals surface area contributed by atoms with Crippen LogP contribution < -0.4 is 33.1 Å². The molecule has 0 aliphatic rings. The number of benzene rings is 1. The number of hydrogen-bond donors (Lipinski definition) is 4. The maximum atomic E-state index is 12.2. The Morgan fingerprint density at radius 3 is 1.41 bits per heavy atom. The van der Waals surface area contributed by atoms with Crippen LogP contribution in [-0.2, 0) is 27.2 Å². The Morgan fingerprint density at radius 2 is 1.06 bits per heavy atom. The highest BCUT2D eigenvalue weighted by Gasteiger charge is 2.13. The number of nitrogens with one attached hydrogen (secondary N) is 4. The van der Waals surface area contributed by atoms with Crippen LogP contribution >= 0.6 is 0 Å². The Kier molecular flexibility index (Phi) is 6.33. The molecule has 166 valence electrons. The van der Waals surface area contributed by atoms with Gasteiger partial charge in [-0.15, -0.1) is 0 Å². The minimum absolute atomic E-state index is 0.140. The van der Waals surface area contributed by atoms with Gasteiger partial charge >= 0.3 is 11.4 Å². The topological polar surface area (TPSA) is 168 Å². The zero-order valence-electron chi connectivity index (χ0n) is 17.2. The summed E-state index contributed by atoms with van der Waals surface area (Å²) in [4.78, 5) is 74.8. The van der Waals surface area contributed by atoms with Gasteiger partial charge in [0.25, 0.3) is 22.9 Å². The molecule has 12 nitrogen and oxygen atoms in total.